The Morgan fingerprint density at radius 1 is 1.56 bits per heavy atom. The highest BCUT2D eigenvalue weighted by molar-refractivity contribution is 7.91. The van der Waals surface area contributed by atoms with Crippen molar-refractivity contribution in [2.24, 2.45) is 5.92 Å². The first kappa shape index (κ1) is 11.6. The molecule has 2 rings (SSSR count). The summed E-state index contributed by atoms with van der Waals surface area (Å²) in [6, 6.07) is 0. The molecule has 0 aliphatic carbocycles. The van der Waals surface area contributed by atoms with Crippen molar-refractivity contribution in [2.45, 2.75) is 6.42 Å². The fourth-order valence-corrected chi connectivity index (χ4v) is 3.75. The first-order valence-corrected chi connectivity index (χ1v) is 7.16. The standard InChI is InChI=1S/C9H12ClN3O2S/c10-8-4-11-6-13-9(8)12-3-7-1-2-16(14,15)5-7/h4,6-7H,1-3,5H2,(H,11,12,13). The molecule has 0 amide bonds. The number of anilines is 1. The molecule has 1 saturated heterocycles. The van der Waals surface area contributed by atoms with Crippen LogP contribution in [0.1, 0.15) is 6.42 Å². The van der Waals surface area contributed by atoms with Gasteiger partial charge in [0.25, 0.3) is 0 Å². The van der Waals surface area contributed by atoms with Crippen molar-refractivity contribution in [1.29, 1.82) is 0 Å². The average Bonchev–Trinajstić information content (AvgIpc) is 2.57. The quantitative estimate of drug-likeness (QED) is 0.878. The van der Waals surface area contributed by atoms with Crippen LogP contribution in [0.2, 0.25) is 5.02 Å². The largest absolute Gasteiger partial charge is 0.368 e. The van der Waals surface area contributed by atoms with E-state index >= 15 is 0 Å². The zero-order valence-electron chi connectivity index (χ0n) is 8.56. The zero-order chi connectivity index (χ0) is 11.6. The van der Waals surface area contributed by atoms with Gasteiger partial charge in [0.2, 0.25) is 0 Å². The maximum Gasteiger partial charge on any atom is 0.150 e. The normalized spacial score (nSPS) is 23.2. The van der Waals surface area contributed by atoms with E-state index < -0.39 is 9.84 Å². The second-order valence-corrected chi connectivity index (χ2v) is 6.51. The average molecular weight is 262 g/mol. The van der Waals surface area contributed by atoms with E-state index in [4.69, 9.17) is 11.6 Å². The Kier molecular flexibility index (Phi) is 3.30. The van der Waals surface area contributed by atoms with Crippen molar-refractivity contribution in [2.75, 3.05) is 23.4 Å². The minimum absolute atomic E-state index is 0.149. The monoisotopic (exact) mass is 261 g/mol. The van der Waals surface area contributed by atoms with Crippen LogP contribution >= 0.6 is 11.6 Å². The fraction of sp³-hybridized carbons (Fsp3) is 0.556. The number of hydrogen-bond donors (Lipinski definition) is 1. The molecule has 1 fully saturated rings. The summed E-state index contributed by atoms with van der Waals surface area (Å²) in [5, 5.41) is 3.49. The van der Waals surface area contributed by atoms with Crippen LogP contribution in [0.4, 0.5) is 5.82 Å². The molecule has 0 aromatic carbocycles. The molecule has 1 aromatic heterocycles. The van der Waals surface area contributed by atoms with Crippen molar-refractivity contribution in [3.05, 3.63) is 17.5 Å². The molecule has 88 valence electrons. The first-order valence-electron chi connectivity index (χ1n) is 4.96. The van der Waals surface area contributed by atoms with Gasteiger partial charge in [-0.15, -0.1) is 0 Å². The molecular weight excluding hydrogens is 250 g/mol. The Bertz CT molecular complexity index is 477. The summed E-state index contributed by atoms with van der Waals surface area (Å²) in [7, 11) is -2.82. The van der Waals surface area contributed by atoms with Gasteiger partial charge >= 0.3 is 0 Å². The fourth-order valence-electron chi connectivity index (χ4n) is 1.72. The van der Waals surface area contributed by atoms with Gasteiger partial charge in [-0.1, -0.05) is 11.6 Å². The van der Waals surface area contributed by atoms with E-state index in [2.05, 4.69) is 15.3 Å². The van der Waals surface area contributed by atoms with Crippen molar-refractivity contribution >= 4 is 27.3 Å². The van der Waals surface area contributed by atoms with Crippen LogP contribution < -0.4 is 5.32 Å². The lowest BCUT2D eigenvalue weighted by Crippen LogP contribution is -2.16. The maximum atomic E-state index is 11.2. The van der Waals surface area contributed by atoms with E-state index in [0.717, 1.165) is 0 Å². The molecule has 0 spiro atoms. The third kappa shape index (κ3) is 2.82. The van der Waals surface area contributed by atoms with Crippen molar-refractivity contribution in [1.82, 2.24) is 9.97 Å². The highest BCUT2D eigenvalue weighted by atomic mass is 35.5. The van der Waals surface area contributed by atoms with Gasteiger partial charge in [-0.3, -0.25) is 0 Å². The summed E-state index contributed by atoms with van der Waals surface area (Å²) in [4.78, 5) is 7.74. The minimum Gasteiger partial charge on any atom is -0.368 e. The first-order chi connectivity index (χ1) is 7.57. The molecule has 1 aliphatic heterocycles. The summed E-state index contributed by atoms with van der Waals surface area (Å²) in [5.41, 5.74) is 0. The highest BCUT2D eigenvalue weighted by Crippen LogP contribution is 2.21. The third-order valence-corrected chi connectivity index (χ3v) is 4.67. The topological polar surface area (TPSA) is 72.0 Å². The van der Waals surface area contributed by atoms with Gasteiger partial charge in [0.15, 0.2) is 9.84 Å². The van der Waals surface area contributed by atoms with Gasteiger partial charge in [0.05, 0.1) is 17.7 Å². The molecule has 16 heavy (non-hydrogen) atoms. The van der Waals surface area contributed by atoms with Crippen LogP contribution in [0.15, 0.2) is 12.5 Å². The number of hydrogen-bond acceptors (Lipinski definition) is 5. The molecule has 5 nitrogen and oxygen atoms in total. The van der Waals surface area contributed by atoms with Crippen LogP contribution in [-0.4, -0.2) is 36.4 Å². The summed E-state index contributed by atoms with van der Waals surface area (Å²) >= 11 is 5.86. The van der Waals surface area contributed by atoms with Gasteiger partial charge in [-0.05, 0) is 12.3 Å². The smallest absolute Gasteiger partial charge is 0.150 e. The number of rotatable bonds is 3. The lowest BCUT2D eigenvalue weighted by molar-refractivity contribution is 0.595. The van der Waals surface area contributed by atoms with Gasteiger partial charge < -0.3 is 5.32 Å². The molecular formula is C9H12ClN3O2S. The molecule has 1 N–H and O–H groups in total. The second kappa shape index (κ2) is 4.55. The molecule has 1 aliphatic rings. The van der Waals surface area contributed by atoms with E-state index in [1.807, 2.05) is 0 Å². The molecule has 1 unspecified atom stereocenters. The predicted octanol–water partition coefficient (Wildman–Crippen LogP) is 0.977. The van der Waals surface area contributed by atoms with Gasteiger partial charge in [0, 0.05) is 6.54 Å². The molecule has 1 aromatic rings. The summed E-state index contributed by atoms with van der Waals surface area (Å²) < 4.78 is 22.5. The second-order valence-electron chi connectivity index (χ2n) is 3.87. The van der Waals surface area contributed by atoms with Crippen LogP contribution in [0.3, 0.4) is 0 Å². The Morgan fingerprint density at radius 3 is 3.00 bits per heavy atom. The van der Waals surface area contributed by atoms with Gasteiger partial charge in [0.1, 0.15) is 17.2 Å². The molecule has 1 atom stereocenters. The van der Waals surface area contributed by atoms with E-state index in [-0.39, 0.29) is 17.4 Å². The predicted molar refractivity (Wildman–Crippen MR) is 62.3 cm³/mol. The number of aromatic nitrogens is 2. The zero-order valence-corrected chi connectivity index (χ0v) is 10.1. The van der Waals surface area contributed by atoms with Crippen molar-refractivity contribution in [3.63, 3.8) is 0 Å². The van der Waals surface area contributed by atoms with Gasteiger partial charge in [-0.25, -0.2) is 18.4 Å². The summed E-state index contributed by atoms with van der Waals surface area (Å²) in [6.07, 6.45) is 3.61. The Morgan fingerprint density at radius 2 is 2.38 bits per heavy atom. The van der Waals surface area contributed by atoms with Crippen LogP contribution in [-0.2, 0) is 9.84 Å². The van der Waals surface area contributed by atoms with Crippen molar-refractivity contribution < 1.29 is 8.42 Å². The molecule has 2 heterocycles. The van der Waals surface area contributed by atoms with Gasteiger partial charge in [-0.2, -0.15) is 0 Å². The Balaban J connectivity index is 1.92. The molecule has 0 bridgehead atoms. The number of nitrogens with one attached hydrogen (secondary N) is 1. The summed E-state index contributed by atoms with van der Waals surface area (Å²) in [6.45, 7) is 0.579. The van der Waals surface area contributed by atoms with E-state index in [1.165, 1.54) is 12.5 Å². The highest BCUT2D eigenvalue weighted by Gasteiger charge is 2.27. The third-order valence-electron chi connectivity index (χ3n) is 2.55. The SMILES string of the molecule is O=S1(=O)CCC(CNc2ncncc2Cl)C1. The van der Waals surface area contributed by atoms with Crippen LogP contribution in [0.25, 0.3) is 0 Å². The lowest BCUT2D eigenvalue weighted by atomic mass is 10.1. The number of nitrogens with zero attached hydrogens (tertiary/aromatic N) is 2. The van der Waals surface area contributed by atoms with Crippen LogP contribution in [0.5, 0.6) is 0 Å². The van der Waals surface area contributed by atoms with Crippen LogP contribution in [0, 0.1) is 5.92 Å². The van der Waals surface area contributed by atoms with E-state index in [9.17, 15) is 8.42 Å². The number of halogens is 1. The minimum atomic E-state index is -2.82. The molecule has 0 saturated carbocycles. The van der Waals surface area contributed by atoms with E-state index in [0.29, 0.717) is 23.8 Å². The Labute approximate surface area is 99.2 Å². The lowest BCUT2D eigenvalue weighted by Gasteiger charge is -2.10. The molecule has 7 heteroatoms. The van der Waals surface area contributed by atoms with E-state index in [1.54, 1.807) is 0 Å². The summed E-state index contributed by atoms with van der Waals surface area (Å²) in [5.74, 6) is 1.25. The Hall–Kier alpha value is -0.880. The molecule has 0 radical (unpaired) electrons. The maximum absolute atomic E-state index is 11.2. The number of sulfone groups is 1. The van der Waals surface area contributed by atoms with Crippen molar-refractivity contribution in [3.8, 4) is 0 Å².